The summed E-state index contributed by atoms with van der Waals surface area (Å²) in [6, 6.07) is 32.0. The average Bonchev–Trinajstić information content (AvgIpc) is 3.02. The van der Waals surface area contributed by atoms with Gasteiger partial charge in [0.2, 0.25) is 0 Å². The first-order valence-corrected chi connectivity index (χ1v) is 13.3. The van der Waals surface area contributed by atoms with E-state index in [1.165, 1.54) is 0 Å². The number of hydrogen-bond donors (Lipinski definition) is 0. The van der Waals surface area contributed by atoms with Gasteiger partial charge < -0.3 is 18.9 Å². The van der Waals surface area contributed by atoms with Crippen LogP contribution in [0.1, 0.15) is 0 Å². The van der Waals surface area contributed by atoms with E-state index in [2.05, 4.69) is 61.7 Å². The molecule has 6 aromatic rings. The van der Waals surface area contributed by atoms with Gasteiger partial charge in [0.05, 0.1) is 12.5 Å². The quantitative estimate of drug-likeness (QED) is 0.102. The van der Waals surface area contributed by atoms with E-state index in [0.717, 1.165) is 66.7 Å². The van der Waals surface area contributed by atoms with Crippen molar-refractivity contribution in [2.45, 2.75) is 0 Å². The SMILES string of the molecule is C=COC(=O)COc1ccc2ccc3ccccc3c2c1-c1c(OCC(=O)OC=C)ccc2ccc3ccccc3c12. The van der Waals surface area contributed by atoms with E-state index in [1.54, 1.807) is 0 Å². The average molecular weight is 555 g/mol. The lowest BCUT2D eigenvalue weighted by Gasteiger charge is -2.21. The van der Waals surface area contributed by atoms with Crippen LogP contribution in [0.5, 0.6) is 11.5 Å². The van der Waals surface area contributed by atoms with Gasteiger partial charge in [0.1, 0.15) is 11.5 Å². The fraction of sp³-hybridized carbons (Fsp3) is 0.0556. The molecule has 0 spiro atoms. The number of fused-ring (bicyclic) bond motifs is 6. The molecule has 0 N–H and O–H groups in total. The third-order valence-corrected chi connectivity index (χ3v) is 7.11. The molecule has 0 unspecified atom stereocenters. The van der Waals surface area contributed by atoms with Crippen molar-refractivity contribution in [3.63, 3.8) is 0 Å². The van der Waals surface area contributed by atoms with Crippen LogP contribution in [-0.2, 0) is 19.1 Å². The summed E-state index contributed by atoms with van der Waals surface area (Å²) in [6.07, 6.45) is 2.15. The molecule has 6 heteroatoms. The molecule has 0 saturated heterocycles. The maximum atomic E-state index is 12.3. The maximum absolute atomic E-state index is 12.3. The van der Waals surface area contributed by atoms with E-state index >= 15 is 0 Å². The Bertz CT molecular complexity index is 1880. The van der Waals surface area contributed by atoms with Gasteiger partial charge in [0, 0.05) is 21.9 Å². The summed E-state index contributed by atoms with van der Waals surface area (Å²) < 4.78 is 22.2. The first-order valence-electron chi connectivity index (χ1n) is 13.3. The number of hydrogen-bond acceptors (Lipinski definition) is 6. The Labute approximate surface area is 242 Å². The highest BCUT2D eigenvalue weighted by molar-refractivity contribution is 6.23. The van der Waals surface area contributed by atoms with Gasteiger partial charge in [0.15, 0.2) is 13.2 Å². The van der Waals surface area contributed by atoms with Gasteiger partial charge in [-0.3, -0.25) is 0 Å². The molecule has 6 nitrogen and oxygen atoms in total. The Balaban J connectivity index is 1.73. The van der Waals surface area contributed by atoms with Crippen molar-refractivity contribution in [3.8, 4) is 22.6 Å². The number of carbonyl (C=O) groups is 2. The molecule has 0 atom stereocenters. The van der Waals surface area contributed by atoms with Crippen molar-refractivity contribution < 1.29 is 28.5 Å². The smallest absolute Gasteiger partial charge is 0.348 e. The molecular weight excluding hydrogens is 528 g/mol. The Morgan fingerprint density at radius 2 is 0.905 bits per heavy atom. The zero-order chi connectivity index (χ0) is 29.1. The zero-order valence-corrected chi connectivity index (χ0v) is 22.7. The summed E-state index contributed by atoms with van der Waals surface area (Å²) >= 11 is 0. The normalized spacial score (nSPS) is 11.0. The summed E-state index contributed by atoms with van der Waals surface area (Å²) in [4.78, 5) is 24.7. The van der Waals surface area contributed by atoms with E-state index < -0.39 is 11.9 Å². The Morgan fingerprint density at radius 1 is 0.524 bits per heavy atom. The summed E-state index contributed by atoms with van der Waals surface area (Å²) in [5, 5.41) is 7.85. The van der Waals surface area contributed by atoms with Crippen molar-refractivity contribution in [1.29, 1.82) is 0 Å². The highest BCUT2D eigenvalue weighted by Gasteiger charge is 2.23. The molecular formula is C36H26O6. The Hall–Kier alpha value is -5.62. The van der Waals surface area contributed by atoms with Crippen LogP contribution in [0, 0.1) is 0 Å². The van der Waals surface area contributed by atoms with Gasteiger partial charge in [-0.2, -0.15) is 0 Å². The van der Waals surface area contributed by atoms with Crippen LogP contribution >= 0.6 is 0 Å². The van der Waals surface area contributed by atoms with Gasteiger partial charge in [-0.15, -0.1) is 0 Å². The number of carbonyl (C=O) groups excluding carboxylic acids is 2. The molecule has 0 heterocycles. The number of benzene rings is 6. The van der Waals surface area contributed by atoms with Gasteiger partial charge in [0.25, 0.3) is 0 Å². The van der Waals surface area contributed by atoms with Gasteiger partial charge in [-0.1, -0.05) is 98.1 Å². The van der Waals surface area contributed by atoms with E-state index in [9.17, 15) is 9.59 Å². The first-order chi connectivity index (χ1) is 20.6. The lowest BCUT2D eigenvalue weighted by molar-refractivity contribution is -0.141. The molecule has 0 aromatic heterocycles. The summed E-state index contributed by atoms with van der Waals surface area (Å²) in [7, 11) is 0. The Kier molecular flexibility index (Phi) is 7.26. The fourth-order valence-electron chi connectivity index (χ4n) is 5.42. The molecule has 42 heavy (non-hydrogen) atoms. The summed E-state index contributed by atoms with van der Waals surface area (Å²) in [6.45, 7) is 6.26. The molecule has 0 radical (unpaired) electrons. The first kappa shape index (κ1) is 26.6. The molecule has 6 aromatic carbocycles. The molecule has 0 bridgehead atoms. The highest BCUT2D eigenvalue weighted by Crippen LogP contribution is 2.49. The second-order valence-corrected chi connectivity index (χ2v) is 9.54. The molecule has 0 aliphatic carbocycles. The zero-order valence-electron chi connectivity index (χ0n) is 22.7. The van der Waals surface area contributed by atoms with Crippen LogP contribution in [-0.4, -0.2) is 25.2 Å². The van der Waals surface area contributed by atoms with Crippen molar-refractivity contribution in [3.05, 3.63) is 123 Å². The monoisotopic (exact) mass is 554 g/mol. The van der Waals surface area contributed by atoms with Gasteiger partial charge in [-0.05, 0) is 44.5 Å². The fourth-order valence-corrected chi connectivity index (χ4v) is 5.42. The van der Waals surface area contributed by atoms with E-state index in [4.69, 9.17) is 18.9 Å². The minimum atomic E-state index is -0.582. The van der Waals surface area contributed by atoms with Gasteiger partial charge >= 0.3 is 11.9 Å². The number of ether oxygens (including phenoxy) is 4. The van der Waals surface area contributed by atoms with Crippen LogP contribution in [0.4, 0.5) is 0 Å². The molecule has 0 saturated carbocycles. The maximum Gasteiger partial charge on any atom is 0.348 e. The molecule has 0 fully saturated rings. The second-order valence-electron chi connectivity index (χ2n) is 9.54. The van der Waals surface area contributed by atoms with Crippen LogP contribution < -0.4 is 9.47 Å². The predicted octanol–water partition coefficient (Wildman–Crippen LogP) is 8.10. The minimum Gasteiger partial charge on any atom is -0.481 e. The molecule has 0 amide bonds. The van der Waals surface area contributed by atoms with E-state index in [1.807, 2.05) is 48.5 Å². The number of esters is 2. The standard InChI is InChI=1S/C36H26O6/c1-3-39-31(37)21-41-29-19-17-25-15-13-23-9-5-7-11-27(23)33(25)35(29)36-30(42-22-32(38)40-4-2)20-18-26-16-14-24-10-6-8-12-28(24)34(26)36/h3-20H,1-2,21-22H2. The predicted molar refractivity (Wildman–Crippen MR) is 165 cm³/mol. The van der Waals surface area contributed by atoms with Gasteiger partial charge in [-0.25, -0.2) is 9.59 Å². The lowest BCUT2D eigenvalue weighted by atomic mass is 9.88. The molecule has 0 aliphatic heterocycles. The molecule has 6 rings (SSSR count). The highest BCUT2D eigenvalue weighted by atomic mass is 16.6. The van der Waals surface area contributed by atoms with Crippen LogP contribution in [0.25, 0.3) is 54.2 Å². The largest absolute Gasteiger partial charge is 0.481 e. The topological polar surface area (TPSA) is 71.1 Å². The van der Waals surface area contributed by atoms with Crippen LogP contribution in [0.2, 0.25) is 0 Å². The van der Waals surface area contributed by atoms with Crippen molar-refractivity contribution in [2.24, 2.45) is 0 Å². The van der Waals surface area contributed by atoms with Crippen LogP contribution in [0.3, 0.4) is 0 Å². The third kappa shape index (κ3) is 4.90. The van der Waals surface area contributed by atoms with Crippen LogP contribution in [0.15, 0.2) is 123 Å². The minimum absolute atomic E-state index is 0.331. The Morgan fingerprint density at radius 3 is 1.33 bits per heavy atom. The van der Waals surface area contributed by atoms with Crippen molar-refractivity contribution >= 4 is 55.0 Å². The summed E-state index contributed by atoms with van der Waals surface area (Å²) in [5.41, 5.74) is 1.45. The lowest BCUT2D eigenvalue weighted by Crippen LogP contribution is -2.14. The van der Waals surface area contributed by atoms with E-state index in [0.29, 0.717) is 11.5 Å². The second kappa shape index (κ2) is 11.5. The van der Waals surface area contributed by atoms with Crippen molar-refractivity contribution in [2.75, 3.05) is 13.2 Å². The van der Waals surface area contributed by atoms with E-state index in [-0.39, 0.29) is 13.2 Å². The molecule has 0 aliphatic rings. The van der Waals surface area contributed by atoms with Crippen molar-refractivity contribution in [1.82, 2.24) is 0 Å². The number of rotatable bonds is 9. The third-order valence-electron chi connectivity index (χ3n) is 7.11. The summed E-state index contributed by atoms with van der Waals surface area (Å²) in [5.74, 6) is -0.250. The molecule has 206 valence electrons.